The summed E-state index contributed by atoms with van der Waals surface area (Å²) in [6.07, 6.45) is 3.13. The Kier molecular flexibility index (Phi) is 8.65. The number of rotatable bonds is 10. The Labute approximate surface area is 219 Å². The summed E-state index contributed by atoms with van der Waals surface area (Å²) in [5.74, 6) is -0.451. The summed E-state index contributed by atoms with van der Waals surface area (Å²) < 4.78 is 50.4. The summed E-state index contributed by atoms with van der Waals surface area (Å²) in [4.78, 5) is 16.7. The van der Waals surface area contributed by atoms with Gasteiger partial charge in [-0.15, -0.1) is 23.1 Å². The first-order valence-electron chi connectivity index (χ1n) is 10.7. The van der Waals surface area contributed by atoms with Crippen molar-refractivity contribution in [3.63, 3.8) is 0 Å². The molecular formula is C24H27N3O5S4. The average molecular weight is 566 g/mol. The molecule has 36 heavy (non-hydrogen) atoms. The van der Waals surface area contributed by atoms with Crippen LogP contribution in [0.4, 0.5) is 16.4 Å². The van der Waals surface area contributed by atoms with Gasteiger partial charge in [0.25, 0.3) is 0 Å². The van der Waals surface area contributed by atoms with E-state index in [9.17, 15) is 21.6 Å². The molecule has 1 amide bonds. The molecule has 0 saturated carbocycles. The van der Waals surface area contributed by atoms with Crippen LogP contribution in [0.3, 0.4) is 0 Å². The van der Waals surface area contributed by atoms with Crippen LogP contribution in [0, 0.1) is 6.92 Å². The maximum atomic E-state index is 13.5. The lowest BCUT2D eigenvalue weighted by atomic mass is 9.97. The highest BCUT2D eigenvalue weighted by atomic mass is 32.2. The zero-order chi connectivity index (χ0) is 26.7. The predicted molar refractivity (Wildman–Crippen MR) is 149 cm³/mol. The Morgan fingerprint density at radius 1 is 1.17 bits per heavy atom. The standard InChI is InChI=1S/C24H27N3O5S4/c1-15-11-17(25)13-19(27-21(28)9-6-10-35(4,29)30)23(15)16-7-5-8-18(12-16)36(31,32)20-14-22(26-2)34-24(20)33-3/h5,7-8,11-14H,2,6,9-10,25H2,1,3-4H3,(H,27,28). The van der Waals surface area contributed by atoms with Gasteiger partial charge >= 0.3 is 0 Å². The highest BCUT2D eigenvalue weighted by Gasteiger charge is 2.25. The van der Waals surface area contributed by atoms with Crippen molar-refractivity contribution >= 4 is 71.8 Å². The molecule has 1 aromatic heterocycles. The normalized spacial score (nSPS) is 11.9. The molecule has 0 radical (unpaired) electrons. The fourth-order valence-electron chi connectivity index (χ4n) is 3.70. The SMILES string of the molecule is C=Nc1cc(S(=O)(=O)c2cccc(-c3c(C)cc(N)cc3NC(=O)CCCS(C)(=O)=O)c2)c(SC)s1. The number of aliphatic imine (C=N–C) groups is 1. The van der Waals surface area contributed by atoms with Crippen molar-refractivity contribution in [2.24, 2.45) is 4.99 Å². The first-order valence-corrected chi connectivity index (χ1v) is 16.3. The number of nitrogen functional groups attached to an aromatic ring is 1. The summed E-state index contributed by atoms with van der Waals surface area (Å²) in [6, 6.07) is 11.4. The molecule has 0 spiro atoms. The highest BCUT2D eigenvalue weighted by Crippen LogP contribution is 2.41. The van der Waals surface area contributed by atoms with Crippen LogP contribution in [0.15, 0.2) is 61.5 Å². The fraction of sp³-hybridized carbons (Fsp3) is 0.250. The highest BCUT2D eigenvalue weighted by molar-refractivity contribution is 8.01. The molecule has 3 N–H and O–H groups in total. The lowest BCUT2D eigenvalue weighted by Crippen LogP contribution is -2.15. The van der Waals surface area contributed by atoms with Crippen LogP contribution in [-0.2, 0) is 24.5 Å². The Bertz CT molecular complexity index is 1530. The summed E-state index contributed by atoms with van der Waals surface area (Å²) in [5.41, 5.74) is 8.83. The Morgan fingerprint density at radius 2 is 1.89 bits per heavy atom. The maximum Gasteiger partial charge on any atom is 0.224 e. The topological polar surface area (TPSA) is 136 Å². The van der Waals surface area contributed by atoms with Crippen molar-refractivity contribution in [3.05, 3.63) is 48.0 Å². The number of carbonyl (C=O) groups is 1. The van der Waals surface area contributed by atoms with Gasteiger partial charge < -0.3 is 11.1 Å². The number of nitrogens with one attached hydrogen (secondary N) is 1. The van der Waals surface area contributed by atoms with Crippen LogP contribution in [0.2, 0.25) is 0 Å². The lowest BCUT2D eigenvalue weighted by molar-refractivity contribution is -0.116. The van der Waals surface area contributed by atoms with Crippen LogP contribution >= 0.6 is 23.1 Å². The van der Waals surface area contributed by atoms with Gasteiger partial charge in [-0.3, -0.25) is 9.79 Å². The van der Waals surface area contributed by atoms with Crippen molar-refractivity contribution < 1.29 is 21.6 Å². The number of thiophene rings is 1. The zero-order valence-electron chi connectivity index (χ0n) is 20.1. The van der Waals surface area contributed by atoms with E-state index in [-0.39, 0.29) is 34.3 Å². The number of nitrogens with zero attached hydrogens (tertiary/aromatic N) is 1. The monoisotopic (exact) mass is 565 g/mol. The van der Waals surface area contributed by atoms with E-state index < -0.39 is 19.7 Å². The van der Waals surface area contributed by atoms with Gasteiger partial charge in [-0.1, -0.05) is 12.1 Å². The molecule has 3 rings (SSSR count). The second kappa shape index (κ2) is 11.2. The smallest absolute Gasteiger partial charge is 0.224 e. The minimum atomic E-state index is -3.85. The predicted octanol–water partition coefficient (Wildman–Crippen LogP) is 4.96. The number of aryl methyl sites for hydroxylation is 1. The number of thioether (sulfide) groups is 1. The van der Waals surface area contributed by atoms with Crippen LogP contribution < -0.4 is 11.1 Å². The van der Waals surface area contributed by atoms with Crippen LogP contribution in [0.25, 0.3) is 11.1 Å². The quantitative estimate of drug-likeness (QED) is 0.202. The molecule has 0 saturated heterocycles. The van der Waals surface area contributed by atoms with Gasteiger partial charge in [0.2, 0.25) is 15.7 Å². The van der Waals surface area contributed by atoms with Crippen molar-refractivity contribution in [2.45, 2.75) is 33.8 Å². The van der Waals surface area contributed by atoms with Crippen molar-refractivity contribution in [1.82, 2.24) is 0 Å². The molecule has 0 atom stereocenters. The average Bonchev–Trinajstić information content (AvgIpc) is 3.22. The minimum Gasteiger partial charge on any atom is -0.399 e. The van der Waals surface area contributed by atoms with Crippen molar-refractivity contribution in [3.8, 4) is 11.1 Å². The van der Waals surface area contributed by atoms with E-state index in [1.807, 2.05) is 6.92 Å². The van der Waals surface area contributed by atoms with Gasteiger partial charge in [-0.05, 0) is 67.8 Å². The van der Waals surface area contributed by atoms with E-state index in [2.05, 4.69) is 17.0 Å². The van der Waals surface area contributed by atoms with Crippen LogP contribution in [-0.4, -0.2) is 47.7 Å². The van der Waals surface area contributed by atoms with E-state index in [1.165, 1.54) is 35.2 Å². The number of hydrogen-bond donors (Lipinski definition) is 2. The third-order valence-corrected chi connectivity index (χ3v) is 10.5. The molecule has 8 nitrogen and oxygen atoms in total. The number of nitrogens with two attached hydrogens (primary N) is 1. The molecule has 192 valence electrons. The number of amides is 1. The van der Waals surface area contributed by atoms with Gasteiger partial charge in [0.05, 0.1) is 25.4 Å². The van der Waals surface area contributed by atoms with Gasteiger partial charge in [0.1, 0.15) is 14.8 Å². The van der Waals surface area contributed by atoms with E-state index >= 15 is 0 Å². The van der Waals surface area contributed by atoms with E-state index in [4.69, 9.17) is 5.73 Å². The fourth-order valence-corrected chi connectivity index (χ4v) is 8.20. The Morgan fingerprint density at radius 3 is 2.53 bits per heavy atom. The van der Waals surface area contributed by atoms with Gasteiger partial charge in [-0.25, -0.2) is 16.8 Å². The summed E-state index contributed by atoms with van der Waals surface area (Å²) in [5, 5.41) is 3.33. The molecule has 0 aliphatic rings. The molecule has 0 fully saturated rings. The molecule has 1 heterocycles. The zero-order valence-corrected chi connectivity index (χ0v) is 23.3. The third kappa shape index (κ3) is 6.55. The lowest BCUT2D eigenvalue weighted by Gasteiger charge is -2.16. The summed E-state index contributed by atoms with van der Waals surface area (Å²) in [6.45, 7) is 5.31. The number of sulfone groups is 2. The Balaban J connectivity index is 2.01. The Hall–Kier alpha value is -2.67. The van der Waals surface area contributed by atoms with E-state index in [0.717, 1.165) is 11.8 Å². The second-order valence-electron chi connectivity index (χ2n) is 8.17. The van der Waals surface area contributed by atoms with Gasteiger partial charge in [0, 0.05) is 23.9 Å². The molecule has 0 aliphatic carbocycles. The first kappa shape index (κ1) is 27.9. The third-order valence-electron chi connectivity index (χ3n) is 5.27. The number of benzene rings is 2. The summed E-state index contributed by atoms with van der Waals surface area (Å²) in [7, 11) is -7.02. The number of hydrogen-bond acceptors (Lipinski definition) is 9. The number of carbonyl (C=O) groups excluding carboxylic acids is 1. The molecule has 0 bridgehead atoms. The first-order chi connectivity index (χ1) is 16.9. The van der Waals surface area contributed by atoms with Crippen LogP contribution in [0.5, 0.6) is 0 Å². The molecule has 2 aromatic carbocycles. The molecule has 3 aromatic rings. The van der Waals surface area contributed by atoms with Gasteiger partial charge in [0.15, 0.2) is 0 Å². The molecule has 0 unspecified atom stereocenters. The second-order valence-corrected chi connectivity index (χ2v) is 14.5. The number of anilines is 2. The summed E-state index contributed by atoms with van der Waals surface area (Å²) >= 11 is 2.59. The molecule has 0 aliphatic heterocycles. The van der Waals surface area contributed by atoms with E-state index in [1.54, 1.807) is 36.6 Å². The molecular weight excluding hydrogens is 539 g/mol. The van der Waals surface area contributed by atoms with E-state index in [0.29, 0.717) is 31.7 Å². The largest absolute Gasteiger partial charge is 0.399 e. The minimum absolute atomic E-state index is 0.0179. The van der Waals surface area contributed by atoms with Gasteiger partial charge in [-0.2, -0.15) is 0 Å². The maximum absolute atomic E-state index is 13.5. The van der Waals surface area contributed by atoms with Crippen molar-refractivity contribution in [2.75, 3.05) is 29.3 Å². The molecule has 12 heteroatoms. The van der Waals surface area contributed by atoms with Crippen molar-refractivity contribution in [1.29, 1.82) is 0 Å². The van der Waals surface area contributed by atoms with Crippen LogP contribution in [0.1, 0.15) is 18.4 Å².